The highest BCUT2D eigenvalue weighted by molar-refractivity contribution is 5.30. The molecule has 0 bridgehead atoms. The van der Waals surface area contributed by atoms with E-state index >= 15 is 0 Å². The number of benzene rings is 1. The van der Waals surface area contributed by atoms with Gasteiger partial charge in [-0.1, -0.05) is 24.3 Å². The zero-order chi connectivity index (χ0) is 12.5. The second-order valence-electron chi connectivity index (χ2n) is 5.88. The average molecular weight is 244 g/mol. The summed E-state index contributed by atoms with van der Waals surface area (Å²) in [6.07, 6.45) is 4.17. The molecule has 1 saturated heterocycles. The van der Waals surface area contributed by atoms with Crippen LogP contribution in [0.1, 0.15) is 36.4 Å². The van der Waals surface area contributed by atoms with E-state index in [2.05, 4.69) is 48.5 Å². The number of nitrogens with zero attached hydrogens (tertiary/aromatic N) is 1. The number of nitrogens with one attached hydrogen (secondary N) is 1. The molecule has 1 aliphatic heterocycles. The van der Waals surface area contributed by atoms with Crippen molar-refractivity contribution < 1.29 is 0 Å². The normalized spacial score (nSPS) is 28.8. The van der Waals surface area contributed by atoms with E-state index in [-0.39, 0.29) is 0 Å². The predicted octanol–water partition coefficient (Wildman–Crippen LogP) is 2.74. The fraction of sp³-hybridized carbons (Fsp3) is 0.625. The van der Waals surface area contributed by atoms with E-state index in [1.54, 1.807) is 5.56 Å². The van der Waals surface area contributed by atoms with Crippen molar-refractivity contribution in [3.63, 3.8) is 0 Å². The maximum absolute atomic E-state index is 3.38. The third kappa shape index (κ3) is 2.19. The maximum Gasteiger partial charge on any atom is 0.0394 e. The minimum Gasteiger partial charge on any atom is -0.319 e. The van der Waals surface area contributed by atoms with Crippen LogP contribution in [0.3, 0.4) is 0 Å². The molecular weight excluding hydrogens is 220 g/mol. The van der Waals surface area contributed by atoms with E-state index in [1.807, 2.05) is 0 Å². The molecule has 98 valence electrons. The first kappa shape index (κ1) is 12.2. The molecule has 2 unspecified atom stereocenters. The van der Waals surface area contributed by atoms with Crippen LogP contribution < -0.4 is 5.32 Å². The Balaban J connectivity index is 1.90. The SMILES string of the molecule is CNCC1CCN(C2CC2)C1c1ccccc1C. The highest BCUT2D eigenvalue weighted by atomic mass is 15.2. The minimum absolute atomic E-state index is 0.645. The van der Waals surface area contributed by atoms with Crippen molar-refractivity contribution >= 4 is 0 Å². The quantitative estimate of drug-likeness (QED) is 0.876. The van der Waals surface area contributed by atoms with Crippen LogP contribution in [-0.4, -0.2) is 31.1 Å². The highest BCUT2D eigenvalue weighted by Gasteiger charge is 2.42. The Labute approximate surface area is 110 Å². The molecule has 2 nitrogen and oxygen atoms in total. The van der Waals surface area contributed by atoms with Crippen molar-refractivity contribution in [3.8, 4) is 0 Å². The summed E-state index contributed by atoms with van der Waals surface area (Å²) in [5, 5.41) is 3.38. The van der Waals surface area contributed by atoms with Crippen molar-refractivity contribution in [1.82, 2.24) is 10.2 Å². The molecule has 3 rings (SSSR count). The van der Waals surface area contributed by atoms with Gasteiger partial charge in [0.15, 0.2) is 0 Å². The van der Waals surface area contributed by atoms with Crippen molar-refractivity contribution in [1.29, 1.82) is 0 Å². The molecule has 2 heteroatoms. The lowest BCUT2D eigenvalue weighted by atomic mass is 9.91. The predicted molar refractivity (Wildman–Crippen MR) is 75.7 cm³/mol. The van der Waals surface area contributed by atoms with E-state index in [4.69, 9.17) is 0 Å². The van der Waals surface area contributed by atoms with Gasteiger partial charge in [0.05, 0.1) is 0 Å². The lowest BCUT2D eigenvalue weighted by Gasteiger charge is -2.30. The van der Waals surface area contributed by atoms with Crippen molar-refractivity contribution in [2.24, 2.45) is 5.92 Å². The fourth-order valence-electron chi connectivity index (χ4n) is 3.53. The van der Waals surface area contributed by atoms with E-state index in [0.29, 0.717) is 6.04 Å². The Kier molecular flexibility index (Phi) is 3.40. The first-order chi connectivity index (χ1) is 8.81. The van der Waals surface area contributed by atoms with Gasteiger partial charge in [-0.15, -0.1) is 0 Å². The number of hydrogen-bond acceptors (Lipinski definition) is 2. The summed E-state index contributed by atoms with van der Waals surface area (Å²) >= 11 is 0. The fourth-order valence-corrected chi connectivity index (χ4v) is 3.53. The Bertz CT molecular complexity index is 411. The third-order valence-corrected chi connectivity index (χ3v) is 4.55. The summed E-state index contributed by atoms with van der Waals surface area (Å²) in [4.78, 5) is 2.77. The van der Waals surface area contributed by atoms with Gasteiger partial charge in [-0.2, -0.15) is 0 Å². The molecule has 18 heavy (non-hydrogen) atoms. The summed E-state index contributed by atoms with van der Waals surface area (Å²) < 4.78 is 0. The first-order valence-corrected chi connectivity index (χ1v) is 7.27. The van der Waals surface area contributed by atoms with Crippen molar-refractivity contribution in [2.75, 3.05) is 20.1 Å². The Morgan fingerprint density at radius 1 is 1.22 bits per heavy atom. The zero-order valence-electron chi connectivity index (χ0n) is 11.5. The summed E-state index contributed by atoms with van der Waals surface area (Å²) in [7, 11) is 2.08. The number of aryl methyl sites for hydroxylation is 1. The van der Waals surface area contributed by atoms with Gasteiger partial charge in [-0.3, -0.25) is 4.90 Å². The first-order valence-electron chi connectivity index (χ1n) is 7.27. The zero-order valence-corrected chi connectivity index (χ0v) is 11.5. The van der Waals surface area contributed by atoms with Crippen LogP contribution in [-0.2, 0) is 0 Å². The Morgan fingerprint density at radius 3 is 2.67 bits per heavy atom. The molecule has 2 atom stereocenters. The standard InChI is InChI=1S/C16H24N2/c1-12-5-3-4-6-15(12)16-13(11-17-2)9-10-18(16)14-7-8-14/h3-6,13-14,16-17H,7-11H2,1-2H3. The van der Waals surface area contributed by atoms with Crippen molar-refractivity contribution in [3.05, 3.63) is 35.4 Å². The van der Waals surface area contributed by atoms with Crippen molar-refractivity contribution in [2.45, 2.75) is 38.3 Å². The number of rotatable bonds is 4. The van der Waals surface area contributed by atoms with Gasteiger partial charge in [-0.05, 0) is 63.4 Å². The molecule has 2 aliphatic rings. The van der Waals surface area contributed by atoms with Gasteiger partial charge >= 0.3 is 0 Å². The number of hydrogen-bond donors (Lipinski definition) is 1. The molecule has 1 N–H and O–H groups in total. The minimum atomic E-state index is 0.645. The van der Waals surface area contributed by atoms with Crippen LogP contribution in [0.4, 0.5) is 0 Å². The molecule has 1 heterocycles. The topological polar surface area (TPSA) is 15.3 Å². The molecule has 0 aromatic heterocycles. The molecule has 1 aromatic rings. The van der Waals surface area contributed by atoms with Crippen LogP contribution >= 0.6 is 0 Å². The van der Waals surface area contributed by atoms with E-state index < -0.39 is 0 Å². The van der Waals surface area contributed by atoms with Gasteiger partial charge in [0.1, 0.15) is 0 Å². The second kappa shape index (κ2) is 5.02. The van der Waals surface area contributed by atoms with Gasteiger partial charge in [-0.25, -0.2) is 0 Å². The monoisotopic (exact) mass is 244 g/mol. The molecule has 0 radical (unpaired) electrons. The van der Waals surface area contributed by atoms with Crippen LogP contribution in [0.2, 0.25) is 0 Å². The Hall–Kier alpha value is -0.860. The average Bonchev–Trinajstić information content (AvgIpc) is 3.13. The largest absolute Gasteiger partial charge is 0.319 e. The highest BCUT2D eigenvalue weighted by Crippen LogP contribution is 2.44. The molecule has 1 aliphatic carbocycles. The van der Waals surface area contributed by atoms with Gasteiger partial charge in [0.2, 0.25) is 0 Å². The molecule has 1 aromatic carbocycles. The second-order valence-corrected chi connectivity index (χ2v) is 5.88. The number of likely N-dealkylation sites (tertiary alicyclic amines) is 1. The maximum atomic E-state index is 3.38. The Morgan fingerprint density at radius 2 is 2.00 bits per heavy atom. The molecular formula is C16H24N2. The summed E-state index contributed by atoms with van der Waals surface area (Å²) in [6.45, 7) is 4.69. The van der Waals surface area contributed by atoms with Gasteiger partial charge < -0.3 is 5.32 Å². The van der Waals surface area contributed by atoms with Crippen LogP contribution in [0.15, 0.2) is 24.3 Å². The summed E-state index contributed by atoms with van der Waals surface area (Å²) in [5.41, 5.74) is 3.01. The van der Waals surface area contributed by atoms with Gasteiger partial charge in [0.25, 0.3) is 0 Å². The van der Waals surface area contributed by atoms with E-state index in [0.717, 1.165) is 18.5 Å². The molecule has 1 saturated carbocycles. The van der Waals surface area contributed by atoms with Crippen LogP contribution in [0.5, 0.6) is 0 Å². The third-order valence-electron chi connectivity index (χ3n) is 4.55. The van der Waals surface area contributed by atoms with E-state index in [1.165, 1.54) is 31.4 Å². The van der Waals surface area contributed by atoms with E-state index in [9.17, 15) is 0 Å². The van der Waals surface area contributed by atoms with Gasteiger partial charge in [0, 0.05) is 12.1 Å². The van der Waals surface area contributed by atoms with Crippen LogP contribution in [0, 0.1) is 12.8 Å². The lowest BCUT2D eigenvalue weighted by molar-refractivity contribution is 0.216. The summed E-state index contributed by atoms with van der Waals surface area (Å²) in [5.74, 6) is 0.775. The summed E-state index contributed by atoms with van der Waals surface area (Å²) in [6, 6.07) is 10.5. The molecule has 2 fully saturated rings. The lowest BCUT2D eigenvalue weighted by Crippen LogP contribution is -2.31. The molecule has 0 spiro atoms. The molecule has 0 amide bonds. The van der Waals surface area contributed by atoms with Crippen LogP contribution in [0.25, 0.3) is 0 Å². The smallest absolute Gasteiger partial charge is 0.0394 e.